The maximum atomic E-state index is 14.5. The molecule has 4 saturated carbocycles. The third-order valence-electron chi connectivity index (χ3n) is 16.4. The SMILES string of the molecule is Cc1c(CC(=O)CC2CCCC2O)cc(F)cc1CN1CCN(C(=O)C2CCCC2)[C@@H](C)C1.Cc1c(CC(=O)CC2CCCC2O)cc(F)cc1CN1CCN(C(=O)C2CCCC2)[C@@H](C)C1. The first-order chi connectivity index (χ1) is 31.6. The van der Waals surface area contributed by atoms with Crippen LogP contribution in [0.2, 0.25) is 0 Å². The van der Waals surface area contributed by atoms with Crippen LogP contribution in [0.15, 0.2) is 24.3 Å². The number of halogens is 2. The zero-order valence-electron chi connectivity index (χ0n) is 40.4. The predicted molar refractivity (Wildman–Crippen MR) is 252 cm³/mol. The highest BCUT2D eigenvalue weighted by Crippen LogP contribution is 2.33. The molecular weight excluding hydrogens is 839 g/mol. The number of carbonyl (C=O) groups excluding carboxylic acids is 4. The Kier molecular flexibility index (Phi) is 17.6. The van der Waals surface area contributed by atoms with Crippen molar-refractivity contribution in [2.75, 3.05) is 39.3 Å². The summed E-state index contributed by atoms with van der Waals surface area (Å²) in [5.41, 5.74) is 5.31. The van der Waals surface area contributed by atoms with Crippen molar-refractivity contribution in [2.45, 2.75) is 181 Å². The van der Waals surface area contributed by atoms with E-state index in [1.807, 2.05) is 23.6 Å². The summed E-state index contributed by atoms with van der Waals surface area (Å²) in [7, 11) is 0. The minimum atomic E-state index is -0.376. The average molecular weight is 917 g/mol. The van der Waals surface area contributed by atoms with Gasteiger partial charge in [-0.2, -0.15) is 0 Å². The Morgan fingerprint density at radius 2 is 0.894 bits per heavy atom. The van der Waals surface area contributed by atoms with Gasteiger partial charge in [0.25, 0.3) is 0 Å². The van der Waals surface area contributed by atoms with Gasteiger partial charge >= 0.3 is 0 Å². The molecular formula is C54H78F2N4O6. The Morgan fingerprint density at radius 1 is 0.530 bits per heavy atom. The van der Waals surface area contributed by atoms with Crippen molar-refractivity contribution >= 4 is 23.4 Å². The molecule has 2 N–H and O–H groups in total. The number of amides is 2. The van der Waals surface area contributed by atoms with Crippen molar-refractivity contribution in [3.05, 3.63) is 69.3 Å². The van der Waals surface area contributed by atoms with Crippen LogP contribution in [0.25, 0.3) is 0 Å². The number of aliphatic hydroxyl groups excluding tert-OH is 2. The van der Waals surface area contributed by atoms with Gasteiger partial charge in [-0.1, -0.05) is 38.5 Å². The summed E-state index contributed by atoms with van der Waals surface area (Å²) in [6.45, 7) is 14.0. The second kappa shape index (κ2) is 23.1. The molecule has 2 aromatic rings. The monoisotopic (exact) mass is 917 g/mol. The first kappa shape index (κ1) is 50.3. The van der Waals surface area contributed by atoms with Crippen molar-refractivity contribution in [1.29, 1.82) is 0 Å². The van der Waals surface area contributed by atoms with E-state index >= 15 is 0 Å². The van der Waals surface area contributed by atoms with Gasteiger partial charge in [0, 0.05) is 102 Å². The van der Waals surface area contributed by atoms with Gasteiger partial charge in [0.05, 0.1) is 12.2 Å². The summed E-state index contributed by atoms with van der Waals surface area (Å²) in [5.74, 6) is 0.687. The summed E-state index contributed by atoms with van der Waals surface area (Å²) in [6, 6.07) is 6.46. The lowest BCUT2D eigenvalue weighted by Gasteiger charge is -2.41. The Labute approximate surface area is 392 Å². The van der Waals surface area contributed by atoms with Crippen LogP contribution >= 0.6 is 0 Å². The van der Waals surface area contributed by atoms with Gasteiger partial charge < -0.3 is 20.0 Å². The second-order valence-electron chi connectivity index (χ2n) is 21.2. The normalized spacial score (nSPS) is 26.8. The van der Waals surface area contributed by atoms with E-state index in [1.54, 1.807) is 12.1 Å². The third-order valence-corrected chi connectivity index (χ3v) is 16.4. The Balaban J connectivity index is 0.000000196. The van der Waals surface area contributed by atoms with E-state index in [0.717, 1.165) is 163 Å². The lowest BCUT2D eigenvalue weighted by molar-refractivity contribution is -0.140. The number of nitrogens with zero attached hydrogens (tertiary/aromatic N) is 4. The molecule has 4 aliphatic carbocycles. The Hall–Kier alpha value is -3.58. The average Bonchev–Trinajstić information content (AvgIpc) is 4.13. The maximum Gasteiger partial charge on any atom is 0.226 e. The third kappa shape index (κ3) is 12.9. The molecule has 2 amide bonds. The van der Waals surface area contributed by atoms with Gasteiger partial charge in [-0.15, -0.1) is 0 Å². The predicted octanol–water partition coefficient (Wildman–Crippen LogP) is 8.04. The minimum Gasteiger partial charge on any atom is -0.393 e. The standard InChI is InChI=1S/2C27H39FN2O3/c2*1-18-16-29(10-11-30(18)27(33)20-6-3-4-7-20)17-23-13-24(28)12-22(19(23)2)15-25(31)14-21-8-5-9-26(21)32/h2*12-13,18,20-21,26,32H,3-11,14-17H2,1-2H3/t2*18-,21?,26?/m00/s1. The van der Waals surface area contributed by atoms with E-state index in [1.165, 1.54) is 12.1 Å². The highest BCUT2D eigenvalue weighted by atomic mass is 19.1. The zero-order chi connectivity index (χ0) is 47.1. The van der Waals surface area contributed by atoms with Crippen LogP contribution in [-0.4, -0.2) is 117 Å². The molecule has 4 unspecified atom stereocenters. The minimum absolute atomic E-state index is 0.0514. The van der Waals surface area contributed by atoms with Crippen molar-refractivity contribution in [1.82, 2.24) is 19.6 Å². The number of piperazine rings is 2. The molecule has 6 aliphatic rings. The molecule has 2 heterocycles. The second-order valence-corrected chi connectivity index (χ2v) is 21.2. The molecule has 66 heavy (non-hydrogen) atoms. The number of hydrogen-bond acceptors (Lipinski definition) is 8. The molecule has 2 aliphatic heterocycles. The number of Topliss-reactive ketones (excluding diaryl/α,β-unsaturated/α-hetero) is 2. The molecule has 0 radical (unpaired) electrons. The highest BCUT2D eigenvalue weighted by molar-refractivity contribution is 5.82. The highest BCUT2D eigenvalue weighted by Gasteiger charge is 2.35. The summed E-state index contributed by atoms with van der Waals surface area (Å²) >= 11 is 0. The van der Waals surface area contributed by atoms with Gasteiger partial charge in [-0.25, -0.2) is 8.78 Å². The largest absolute Gasteiger partial charge is 0.393 e. The van der Waals surface area contributed by atoms with E-state index in [4.69, 9.17) is 0 Å². The van der Waals surface area contributed by atoms with Crippen LogP contribution in [0.1, 0.15) is 150 Å². The molecule has 12 heteroatoms. The molecule has 0 aromatic heterocycles. The number of rotatable bonds is 14. The van der Waals surface area contributed by atoms with Gasteiger partial charge in [-0.05, 0) is 149 Å². The summed E-state index contributed by atoms with van der Waals surface area (Å²) in [4.78, 5) is 59.7. The van der Waals surface area contributed by atoms with Crippen molar-refractivity contribution in [3.63, 3.8) is 0 Å². The smallest absolute Gasteiger partial charge is 0.226 e. The summed E-state index contributed by atoms with van der Waals surface area (Å²) < 4.78 is 28.9. The van der Waals surface area contributed by atoms with E-state index in [2.05, 4.69) is 23.6 Å². The van der Waals surface area contributed by atoms with Gasteiger partial charge in [-0.3, -0.25) is 29.0 Å². The fourth-order valence-electron chi connectivity index (χ4n) is 12.3. The van der Waals surface area contributed by atoms with E-state index in [9.17, 15) is 38.2 Å². The number of aliphatic hydroxyl groups is 2. The van der Waals surface area contributed by atoms with Crippen LogP contribution in [0.5, 0.6) is 0 Å². The van der Waals surface area contributed by atoms with E-state index < -0.39 is 0 Å². The number of carbonyl (C=O) groups is 4. The fraction of sp³-hybridized carbons (Fsp3) is 0.704. The van der Waals surface area contributed by atoms with Crippen molar-refractivity contribution < 1.29 is 38.2 Å². The molecule has 2 aromatic carbocycles. The van der Waals surface area contributed by atoms with Crippen LogP contribution in [0.4, 0.5) is 8.78 Å². The Morgan fingerprint density at radius 3 is 1.23 bits per heavy atom. The Bertz CT molecular complexity index is 1880. The van der Waals surface area contributed by atoms with E-state index in [-0.39, 0.29) is 84.0 Å². The molecule has 0 spiro atoms. The van der Waals surface area contributed by atoms with Crippen LogP contribution in [0.3, 0.4) is 0 Å². The molecule has 2 saturated heterocycles. The van der Waals surface area contributed by atoms with Crippen molar-refractivity contribution in [2.24, 2.45) is 23.7 Å². The lowest BCUT2D eigenvalue weighted by Crippen LogP contribution is -2.54. The van der Waals surface area contributed by atoms with Crippen LogP contribution in [-0.2, 0) is 45.1 Å². The molecule has 6 fully saturated rings. The van der Waals surface area contributed by atoms with E-state index in [0.29, 0.717) is 37.7 Å². The quantitative estimate of drug-likeness (QED) is 0.196. The van der Waals surface area contributed by atoms with Crippen LogP contribution < -0.4 is 0 Å². The molecule has 6 atom stereocenters. The van der Waals surface area contributed by atoms with Gasteiger partial charge in [0.2, 0.25) is 11.8 Å². The molecule has 0 bridgehead atoms. The first-order valence-corrected chi connectivity index (χ1v) is 25.6. The topological polar surface area (TPSA) is 122 Å². The van der Waals surface area contributed by atoms with Crippen LogP contribution in [0, 0.1) is 49.2 Å². The molecule has 364 valence electrons. The molecule has 10 nitrogen and oxygen atoms in total. The number of hydrogen-bond donors (Lipinski definition) is 2. The lowest BCUT2D eigenvalue weighted by atomic mass is 9.92. The number of ketones is 2. The van der Waals surface area contributed by atoms with Gasteiger partial charge in [0.15, 0.2) is 0 Å². The fourth-order valence-corrected chi connectivity index (χ4v) is 12.3. The van der Waals surface area contributed by atoms with Crippen molar-refractivity contribution in [3.8, 4) is 0 Å². The zero-order valence-corrected chi connectivity index (χ0v) is 40.4. The molecule has 8 rings (SSSR count). The maximum absolute atomic E-state index is 14.5. The van der Waals surface area contributed by atoms with Gasteiger partial charge in [0.1, 0.15) is 23.2 Å². The summed E-state index contributed by atoms with van der Waals surface area (Å²) in [6.07, 6.45) is 14.5. The summed E-state index contributed by atoms with van der Waals surface area (Å²) in [5, 5.41) is 20.0. The number of benzene rings is 2. The first-order valence-electron chi connectivity index (χ1n) is 25.6.